The molecule has 0 amide bonds. The van der Waals surface area contributed by atoms with Crippen molar-refractivity contribution >= 4 is 52.9 Å². The van der Waals surface area contributed by atoms with Gasteiger partial charge in [-0.25, -0.2) is 5.43 Å². The Morgan fingerprint density at radius 2 is 1.65 bits per heavy atom. The van der Waals surface area contributed by atoms with Gasteiger partial charge in [0.25, 0.3) is 0 Å². The number of para-hydroxylation sites is 2. The summed E-state index contributed by atoms with van der Waals surface area (Å²) >= 11 is 12.3. The van der Waals surface area contributed by atoms with Gasteiger partial charge >= 0.3 is 0 Å². The van der Waals surface area contributed by atoms with Crippen molar-refractivity contribution in [2.75, 3.05) is 28.7 Å². The Labute approximate surface area is 225 Å². The molecule has 5 rings (SSSR count). The van der Waals surface area contributed by atoms with Crippen LogP contribution in [0.3, 0.4) is 0 Å². The first-order valence-electron chi connectivity index (χ1n) is 11.9. The third kappa shape index (κ3) is 6.67. The maximum Gasteiger partial charge on any atom is 0.250 e. The molecule has 4 aromatic rings. The molecule has 1 saturated heterocycles. The smallest absolute Gasteiger partial charge is 0.250 e. The molecule has 0 saturated carbocycles. The number of hydrazone groups is 1. The minimum atomic E-state index is 0.301. The maximum atomic E-state index is 6.28. The van der Waals surface area contributed by atoms with E-state index in [1.807, 2.05) is 60.7 Å². The van der Waals surface area contributed by atoms with Crippen LogP contribution in [0.25, 0.3) is 0 Å². The summed E-state index contributed by atoms with van der Waals surface area (Å²) in [6.07, 6.45) is 3.90. The Morgan fingerprint density at radius 3 is 2.46 bits per heavy atom. The van der Waals surface area contributed by atoms with Crippen LogP contribution < -0.4 is 20.4 Å². The van der Waals surface area contributed by atoms with Gasteiger partial charge in [-0.2, -0.15) is 20.1 Å². The maximum absolute atomic E-state index is 6.28. The molecule has 0 radical (unpaired) electrons. The number of hydrogen-bond acceptors (Lipinski definition) is 8. The highest BCUT2D eigenvalue weighted by molar-refractivity contribution is 6.35. The predicted molar refractivity (Wildman–Crippen MR) is 149 cm³/mol. The molecule has 1 aliphatic rings. The van der Waals surface area contributed by atoms with Crippen LogP contribution in [0.2, 0.25) is 10.0 Å². The highest BCUT2D eigenvalue weighted by atomic mass is 35.5. The van der Waals surface area contributed by atoms with E-state index in [9.17, 15) is 0 Å². The molecule has 8 nitrogen and oxygen atoms in total. The summed E-state index contributed by atoms with van der Waals surface area (Å²) in [6, 6.07) is 22.7. The Morgan fingerprint density at radius 1 is 0.892 bits per heavy atom. The summed E-state index contributed by atoms with van der Waals surface area (Å²) in [7, 11) is 0. The molecule has 3 aromatic carbocycles. The molecule has 10 heteroatoms. The lowest BCUT2D eigenvalue weighted by molar-refractivity contribution is 0.306. The van der Waals surface area contributed by atoms with Gasteiger partial charge in [0.2, 0.25) is 17.8 Å². The Kier molecular flexibility index (Phi) is 7.98. The number of hydrogen-bond donors (Lipinski definition) is 2. The molecule has 2 heterocycles. The predicted octanol–water partition coefficient (Wildman–Crippen LogP) is 6.55. The molecule has 0 atom stereocenters. The summed E-state index contributed by atoms with van der Waals surface area (Å²) in [4.78, 5) is 15.9. The van der Waals surface area contributed by atoms with Gasteiger partial charge < -0.3 is 15.0 Å². The fraction of sp³-hybridized carbons (Fsp3) is 0.185. The van der Waals surface area contributed by atoms with E-state index in [1.165, 1.54) is 0 Å². The van der Waals surface area contributed by atoms with Crippen LogP contribution in [0.1, 0.15) is 24.0 Å². The lowest BCUT2D eigenvalue weighted by Gasteiger charge is -2.16. The van der Waals surface area contributed by atoms with Gasteiger partial charge in [-0.05, 0) is 49.2 Å². The number of anilines is 4. The van der Waals surface area contributed by atoms with Crippen molar-refractivity contribution in [2.45, 2.75) is 19.4 Å². The van der Waals surface area contributed by atoms with E-state index in [2.05, 4.69) is 35.7 Å². The van der Waals surface area contributed by atoms with E-state index in [1.54, 1.807) is 18.3 Å². The monoisotopic (exact) mass is 533 g/mol. The summed E-state index contributed by atoms with van der Waals surface area (Å²) in [5, 5.41) is 8.76. The van der Waals surface area contributed by atoms with Crippen LogP contribution in [0, 0.1) is 0 Å². The zero-order chi connectivity index (χ0) is 25.5. The van der Waals surface area contributed by atoms with Crippen molar-refractivity contribution in [1.29, 1.82) is 0 Å². The van der Waals surface area contributed by atoms with E-state index in [0.717, 1.165) is 42.7 Å². The summed E-state index contributed by atoms with van der Waals surface area (Å²) in [5.41, 5.74) is 5.47. The number of rotatable bonds is 9. The Balaban J connectivity index is 1.31. The van der Waals surface area contributed by atoms with Gasteiger partial charge in [0, 0.05) is 39.9 Å². The van der Waals surface area contributed by atoms with Crippen LogP contribution in [-0.2, 0) is 6.61 Å². The number of halogens is 2. The first kappa shape index (κ1) is 24.8. The van der Waals surface area contributed by atoms with Crippen molar-refractivity contribution in [3.05, 3.63) is 94.0 Å². The fourth-order valence-electron chi connectivity index (χ4n) is 3.85. The molecule has 1 fully saturated rings. The third-order valence-electron chi connectivity index (χ3n) is 5.73. The van der Waals surface area contributed by atoms with Crippen LogP contribution in [0.15, 0.2) is 77.9 Å². The molecule has 37 heavy (non-hydrogen) atoms. The van der Waals surface area contributed by atoms with Crippen LogP contribution >= 0.6 is 23.2 Å². The molecule has 1 aliphatic heterocycles. The molecule has 0 bridgehead atoms. The van der Waals surface area contributed by atoms with Gasteiger partial charge in [-0.1, -0.05) is 59.6 Å². The first-order chi connectivity index (χ1) is 18.1. The lowest BCUT2D eigenvalue weighted by Crippen LogP contribution is -2.21. The second-order valence-corrected chi connectivity index (χ2v) is 9.24. The Hall–Kier alpha value is -3.88. The number of ether oxygens (including phenoxy) is 1. The SMILES string of the molecule is Clc1ccc(COc2ccccc2/C=N/Nc2nc(Nc3ccccc3)nc(N3CCCC3)n2)c(Cl)c1. The van der Waals surface area contributed by atoms with Crippen LogP contribution in [0.5, 0.6) is 5.75 Å². The molecular weight excluding hydrogens is 509 g/mol. The summed E-state index contributed by atoms with van der Waals surface area (Å²) in [5.74, 6) is 2.08. The van der Waals surface area contributed by atoms with Crippen LogP contribution in [0.4, 0.5) is 23.5 Å². The minimum absolute atomic E-state index is 0.301. The topological polar surface area (TPSA) is 87.6 Å². The molecule has 188 valence electrons. The van der Waals surface area contributed by atoms with E-state index in [4.69, 9.17) is 27.9 Å². The quantitative estimate of drug-likeness (QED) is 0.186. The highest BCUT2D eigenvalue weighted by Crippen LogP contribution is 2.24. The second kappa shape index (κ2) is 11.9. The minimum Gasteiger partial charge on any atom is -0.488 e. The van der Waals surface area contributed by atoms with Gasteiger partial charge in [0.05, 0.1) is 6.21 Å². The van der Waals surface area contributed by atoms with E-state index < -0.39 is 0 Å². The van der Waals surface area contributed by atoms with E-state index in [-0.39, 0.29) is 0 Å². The van der Waals surface area contributed by atoms with Gasteiger partial charge in [-0.15, -0.1) is 0 Å². The largest absolute Gasteiger partial charge is 0.488 e. The van der Waals surface area contributed by atoms with Gasteiger partial charge in [0.15, 0.2) is 0 Å². The van der Waals surface area contributed by atoms with Crippen molar-refractivity contribution in [3.63, 3.8) is 0 Å². The zero-order valence-corrected chi connectivity index (χ0v) is 21.5. The number of nitrogens with zero attached hydrogens (tertiary/aromatic N) is 5. The van der Waals surface area contributed by atoms with Crippen molar-refractivity contribution in [2.24, 2.45) is 5.10 Å². The number of aromatic nitrogens is 3. The van der Waals surface area contributed by atoms with Crippen molar-refractivity contribution in [1.82, 2.24) is 15.0 Å². The van der Waals surface area contributed by atoms with Crippen LogP contribution in [-0.4, -0.2) is 34.3 Å². The molecule has 0 unspecified atom stereocenters. The van der Waals surface area contributed by atoms with Crippen molar-refractivity contribution in [3.8, 4) is 5.75 Å². The molecular formula is C27H25Cl2N7O. The zero-order valence-electron chi connectivity index (χ0n) is 19.9. The Bertz CT molecular complexity index is 1380. The molecule has 1 aromatic heterocycles. The van der Waals surface area contributed by atoms with Gasteiger partial charge in [-0.3, -0.25) is 0 Å². The fourth-order valence-corrected chi connectivity index (χ4v) is 4.32. The van der Waals surface area contributed by atoms with Crippen molar-refractivity contribution < 1.29 is 4.74 Å². The first-order valence-corrected chi connectivity index (χ1v) is 12.7. The summed E-state index contributed by atoms with van der Waals surface area (Å²) in [6.45, 7) is 2.13. The number of benzene rings is 3. The van der Waals surface area contributed by atoms with Gasteiger partial charge in [0.1, 0.15) is 12.4 Å². The normalized spacial score (nSPS) is 13.2. The average Bonchev–Trinajstić information content (AvgIpc) is 3.45. The molecule has 0 aliphatic carbocycles. The van der Waals surface area contributed by atoms with E-state index in [0.29, 0.717) is 40.2 Å². The average molecular weight is 534 g/mol. The summed E-state index contributed by atoms with van der Waals surface area (Å²) < 4.78 is 6.01. The van der Waals surface area contributed by atoms with E-state index >= 15 is 0 Å². The molecule has 0 spiro atoms. The lowest BCUT2D eigenvalue weighted by atomic mass is 10.2. The molecule has 2 N–H and O–H groups in total. The highest BCUT2D eigenvalue weighted by Gasteiger charge is 2.17. The standard InChI is InChI=1S/C27H25Cl2N7O/c28-21-13-12-20(23(29)16-21)18-37-24-11-5-4-8-19(24)17-30-35-26-32-25(31-22-9-2-1-3-10-22)33-27(34-26)36-14-6-7-15-36/h1-5,8-13,16-17H,6-7,14-15,18H2,(H2,31,32,33,34,35)/b30-17+. The third-order valence-corrected chi connectivity index (χ3v) is 6.31. The second-order valence-electron chi connectivity index (χ2n) is 8.40. The number of nitrogens with one attached hydrogen (secondary N) is 2.